The molecule has 0 heterocycles. The summed E-state index contributed by atoms with van der Waals surface area (Å²) in [5.41, 5.74) is 7.42. The summed E-state index contributed by atoms with van der Waals surface area (Å²) in [5, 5.41) is 33.8. The molecule has 0 aliphatic heterocycles. The highest BCUT2D eigenvalue weighted by Gasteiger charge is 2.43. The molecule has 69 heavy (non-hydrogen) atoms. The van der Waals surface area contributed by atoms with E-state index in [0.717, 1.165) is 85.6 Å². The zero-order valence-electron chi connectivity index (χ0n) is 41.8. The van der Waals surface area contributed by atoms with Crippen LogP contribution in [0.4, 0.5) is 0 Å². The number of benzene rings is 3. The molecule has 368 valence electrons. The van der Waals surface area contributed by atoms with Crippen molar-refractivity contribution >= 4 is 23.5 Å². The largest absolute Gasteiger partial charge is 0.507 e. The Balaban J connectivity index is 0.000000258. The normalized spacial score (nSPS) is 19.3. The van der Waals surface area contributed by atoms with Crippen LogP contribution < -0.4 is 0 Å². The van der Waals surface area contributed by atoms with Gasteiger partial charge in [0.05, 0.1) is 18.8 Å². The van der Waals surface area contributed by atoms with Crippen LogP contribution in [0.15, 0.2) is 137 Å². The Morgan fingerprint density at radius 3 is 1.67 bits per heavy atom. The number of rotatable bonds is 20. The van der Waals surface area contributed by atoms with E-state index in [0.29, 0.717) is 36.8 Å². The van der Waals surface area contributed by atoms with Gasteiger partial charge in [-0.2, -0.15) is 0 Å². The number of Topliss-reactive ketones (excluding diaryl/α,β-unsaturated/α-hetero) is 2. The van der Waals surface area contributed by atoms with E-state index in [4.69, 9.17) is 9.47 Å². The Morgan fingerprint density at radius 2 is 1.14 bits per heavy atom. The number of aryl methyl sites for hydroxylation is 1. The van der Waals surface area contributed by atoms with Crippen molar-refractivity contribution in [3.05, 3.63) is 165 Å². The van der Waals surface area contributed by atoms with Crippen molar-refractivity contribution in [1.29, 1.82) is 0 Å². The van der Waals surface area contributed by atoms with Gasteiger partial charge >= 0.3 is 11.9 Å². The first-order valence-electron chi connectivity index (χ1n) is 25.0. The maximum absolute atomic E-state index is 13.3. The standard InChI is InChI=1S/C30H36O5.C30H38O4/c1-5-6-8-13-23-26(30(34)35-17-16-21-11-9-7-10-12-21)28(32)25(29(33)27(23)31)24-18-20(4)14-15-22(24)19(2)3;1-5-6-8-13-23-19-26(31)28(25-18-21(4)14-15-24(25)20(2)3)29(32)27(23)30(33)34-17-16-22-11-9-7-10-12-22/h7,9-12,18,22,24,32H,2,5-6,8,13-17H2,1,3-4H3;7,9-12,18-19,24-25,31-32H,2,5-6,8,13-17H2,1,3-4H3/t22-,24+;24-,25+/m00/s1. The number of hydrogen-bond acceptors (Lipinski definition) is 9. The molecule has 0 saturated heterocycles. The van der Waals surface area contributed by atoms with Crippen LogP contribution in [0, 0.1) is 17.8 Å². The van der Waals surface area contributed by atoms with Crippen LogP contribution in [0.25, 0.3) is 0 Å². The highest BCUT2D eigenvalue weighted by Crippen LogP contribution is 2.48. The lowest BCUT2D eigenvalue weighted by molar-refractivity contribution is -0.139. The highest BCUT2D eigenvalue weighted by molar-refractivity contribution is 6.51. The second kappa shape index (κ2) is 26.0. The van der Waals surface area contributed by atoms with E-state index in [1.165, 1.54) is 5.57 Å². The minimum absolute atomic E-state index is 0.00343. The Morgan fingerprint density at radius 1 is 0.652 bits per heavy atom. The third-order valence-electron chi connectivity index (χ3n) is 13.8. The van der Waals surface area contributed by atoms with Gasteiger partial charge in [0.1, 0.15) is 28.4 Å². The molecular weight excluding hydrogens is 865 g/mol. The van der Waals surface area contributed by atoms with Gasteiger partial charge in [-0.05, 0) is 114 Å². The highest BCUT2D eigenvalue weighted by atomic mass is 16.5. The Kier molecular flexibility index (Phi) is 20.2. The first-order valence-corrected chi connectivity index (χ1v) is 25.0. The van der Waals surface area contributed by atoms with Gasteiger partial charge < -0.3 is 24.8 Å². The van der Waals surface area contributed by atoms with E-state index in [9.17, 15) is 34.5 Å². The van der Waals surface area contributed by atoms with Gasteiger partial charge in [0.15, 0.2) is 0 Å². The van der Waals surface area contributed by atoms with E-state index in [2.05, 4.69) is 33.1 Å². The van der Waals surface area contributed by atoms with Crippen molar-refractivity contribution < 1.29 is 44.0 Å². The molecule has 9 heteroatoms. The maximum Gasteiger partial charge on any atom is 0.342 e. The summed E-state index contributed by atoms with van der Waals surface area (Å²) in [4.78, 5) is 53.1. The topological polar surface area (TPSA) is 147 Å². The van der Waals surface area contributed by atoms with E-state index in [1.807, 2.05) is 94.4 Å². The van der Waals surface area contributed by atoms with E-state index in [1.54, 1.807) is 6.07 Å². The van der Waals surface area contributed by atoms with Crippen LogP contribution in [-0.2, 0) is 43.1 Å². The number of carbonyl (C=O) groups excluding carboxylic acids is 4. The number of aliphatic hydroxyl groups excluding tert-OH is 1. The molecule has 9 nitrogen and oxygen atoms in total. The smallest absolute Gasteiger partial charge is 0.342 e. The number of aromatic hydroxyl groups is 2. The minimum atomic E-state index is -0.758. The summed E-state index contributed by atoms with van der Waals surface area (Å²) in [5.74, 6) is -3.99. The molecule has 0 amide bonds. The number of unbranched alkanes of at least 4 members (excludes halogenated alkanes) is 4. The molecule has 0 fully saturated rings. The van der Waals surface area contributed by atoms with Gasteiger partial charge in [0, 0.05) is 35.8 Å². The van der Waals surface area contributed by atoms with Crippen LogP contribution in [0.3, 0.4) is 0 Å². The fraction of sp³-hybridized carbons (Fsp3) is 0.433. The van der Waals surface area contributed by atoms with Gasteiger partial charge in [-0.15, -0.1) is 0 Å². The zero-order chi connectivity index (χ0) is 50.2. The lowest BCUT2D eigenvalue weighted by Crippen LogP contribution is -2.35. The molecule has 0 bridgehead atoms. The first kappa shape index (κ1) is 53.7. The molecule has 3 aromatic carbocycles. The van der Waals surface area contributed by atoms with E-state index in [-0.39, 0.29) is 71.2 Å². The van der Waals surface area contributed by atoms with E-state index < -0.39 is 35.2 Å². The van der Waals surface area contributed by atoms with E-state index >= 15 is 0 Å². The van der Waals surface area contributed by atoms with Gasteiger partial charge in [0.25, 0.3) is 0 Å². The van der Waals surface area contributed by atoms with Crippen LogP contribution in [0.5, 0.6) is 11.5 Å². The summed E-state index contributed by atoms with van der Waals surface area (Å²) in [7, 11) is 0. The lowest BCUT2D eigenvalue weighted by atomic mass is 9.70. The third-order valence-corrected chi connectivity index (χ3v) is 13.8. The summed E-state index contributed by atoms with van der Waals surface area (Å²) >= 11 is 0. The molecule has 3 N–H and O–H groups in total. The zero-order valence-corrected chi connectivity index (χ0v) is 41.8. The van der Waals surface area contributed by atoms with Crippen LogP contribution >= 0.6 is 0 Å². The first-order chi connectivity index (χ1) is 33.1. The minimum Gasteiger partial charge on any atom is -0.507 e. The van der Waals surface area contributed by atoms with Gasteiger partial charge in [-0.1, -0.05) is 148 Å². The molecule has 0 unspecified atom stereocenters. The van der Waals surface area contributed by atoms with Gasteiger partial charge in [0.2, 0.25) is 11.6 Å². The summed E-state index contributed by atoms with van der Waals surface area (Å²) in [6.45, 7) is 20.6. The average molecular weight is 939 g/mol. The number of carbonyl (C=O) groups is 4. The second-order valence-corrected chi connectivity index (χ2v) is 19.2. The Bertz CT molecular complexity index is 2470. The third kappa shape index (κ3) is 14.0. The fourth-order valence-corrected chi connectivity index (χ4v) is 9.89. The van der Waals surface area contributed by atoms with Gasteiger partial charge in [-0.3, -0.25) is 9.59 Å². The fourth-order valence-electron chi connectivity index (χ4n) is 9.89. The number of hydrogen-bond donors (Lipinski definition) is 3. The number of allylic oxidation sites excluding steroid dienone is 8. The number of phenols is 2. The average Bonchev–Trinajstić information content (AvgIpc) is 3.31. The van der Waals surface area contributed by atoms with Crippen LogP contribution in [-0.4, -0.2) is 52.0 Å². The Labute approximate surface area is 410 Å². The number of ketones is 2. The predicted octanol–water partition coefficient (Wildman–Crippen LogP) is 13.4. The summed E-state index contributed by atoms with van der Waals surface area (Å²) in [6.07, 6.45) is 14.8. The molecule has 0 radical (unpaired) electrons. The Hall–Kier alpha value is -6.22. The molecular formula is C60H74O9. The van der Waals surface area contributed by atoms with Gasteiger partial charge in [-0.25, -0.2) is 9.59 Å². The molecule has 6 rings (SSSR count). The van der Waals surface area contributed by atoms with Crippen molar-refractivity contribution in [2.24, 2.45) is 17.8 Å². The number of phenolic OH excluding ortho intramolecular Hbond substituents is 2. The number of esters is 2. The van der Waals surface area contributed by atoms with Crippen molar-refractivity contribution in [2.45, 2.75) is 137 Å². The molecule has 3 aliphatic carbocycles. The molecule has 3 aromatic rings. The predicted molar refractivity (Wildman–Crippen MR) is 274 cm³/mol. The SMILES string of the molecule is C=C(C)[C@@H]1CCC(C)=C[C@H]1C1=C(O)C(C(=O)OCCc2ccccc2)=C(CCCCC)C(=O)C1=O.C=C(C)[C@@H]1CCC(C)=C[C@H]1c1c(O)cc(CCCCC)c(C(=O)OCCc2ccccc2)c1O. The molecule has 0 aromatic heterocycles. The van der Waals surface area contributed by atoms with Crippen molar-refractivity contribution in [3.63, 3.8) is 0 Å². The molecule has 4 atom stereocenters. The molecule has 0 saturated carbocycles. The maximum atomic E-state index is 13.3. The monoisotopic (exact) mass is 939 g/mol. The van der Waals surface area contributed by atoms with Crippen molar-refractivity contribution in [2.75, 3.05) is 13.2 Å². The lowest BCUT2D eigenvalue weighted by Gasteiger charge is -2.33. The van der Waals surface area contributed by atoms with Crippen molar-refractivity contribution in [3.8, 4) is 11.5 Å². The molecule has 3 aliphatic rings. The number of ether oxygens (including phenoxy) is 2. The van der Waals surface area contributed by atoms with Crippen LogP contribution in [0.2, 0.25) is 0 Å². The number of aliphatic hydroxyl groups is 1. The molecule has 0 spiro atoms. The van der Waals surface area contributed by atoms with Crippen molar-refractivity contribution in [1.82, 2.24) is 0 Å². The second-order valence-electron chi connectivity index (χ2n) is 19.2. The quantitative estimate of drug-likeness (QED) is 0.0331. The summed E-state index contributed by atoms with van der Waals surface area (Å²) < 4.78 is 11.1. The summed E-state index contributed by atoms with van der Waals surface area (Å²) in [6, 6.07) is 21.1. The van der Waals surface area contributed by atoms with Crippen LogP contribution in [0.1, 0.15) is 151 Å².